The Morgan fingerprint density at radius 3 is 2.38 bits per heavy atom. The fourth-order valence-electron chi connectivity index (χ4n) is 2.36. The second-order valence-corrected chi connectivity index (χ2v) is 4.32. The largest absolute Gasteiger partial charge is 0.244 e. The summed E-state index contributed by atoms with van der Waals surface area (Å²) >= 11 is 0. The van der Waals surface area contributed by atoms with E-state index in [9.17, 15) is 0 Å². The number of aromatic nitrogens is 2. The maximum absolute atomic E-state index is 4.06. The van der Waals surface area contributed by atoms with Crippen LogP contribution in [0.3, 0.4) is 0 Å². The van der Waals surface area contributed by atoms with Crippen LogP contribution in [0.5, 0.6) is 0 Å². The van der Waals surface area contributed by atoms with Gasteiger partial charge in [0.2, 0.25) is 0 Å². The molecule has 0 N–H and O–H groups in total. The highest BCUT2D eigenvalue weighted by Crippen LogP contribution is 2.26. The molecule has 1 aliphatic rings. The Labute approximate surface area is 95.4 Å². The molecule has 0 saturated heterocycles. The Morgan fingerprint density at radius 1 is 0.812 bits per heavy atom. The molecule has 1 heterocycles. The van der Waals surface area contributed by atoms with Crippen LogP contribution in [0.15, 0.2) is 36.9 Å². The van der Waals surface area contributed by atoms with Crippen LogP contribution < -0.4 is 0 Å². The van der Waals surface area contributed by atoms with E-state index in [4.69, 9.17) is 0 Å². The first-order valence-electron chi connectivity index (χ1n) is 5.81. The van der Waals surface area contributed by atoms with Gasteiger partial charge in [0, 0.05) is 18.0 Å². The standard InChI is InChI=1S/C14H14N2/c1-2-4-12-7-13(6-5-11(12)3-1)14-8-15-10-16-9-14/h5-10H,1-4H2. The zero-order valence-corrected chi connectivity index (χ0v) is 9.19. The average Bonchev–Trinajstić information content (AvgIpc) is 2.39. The molecule has 0 saturated carbocycles. The molecular weight excluding hydrogens is 196 g/mol. The summed E-state index contributed by atoms with van der Waals surface area (Å²) in [4.78, 5) is 8.12. The van der Waals surface area contributed by atoms with Crippen LogP contribution in [-0.2, 0) is 12.8 Å². The lowest BCUT2D eigenvalue weighted by Crippen LogP contribution is -2.02. The molecular formula is C14H14N2. The van der Waals surface area contributed by atoms with Crippen molar-refractivity contribution in [3.05, 3.63) is 48.0 Å². The molecule has 2 heteroatoms. The third-order valence-corrected chi connectivity index (χ3v) is 3.24. The van der Waals surface area contributed by atoms with Crippen LogP contribution in [-0.4, -0.2) is 9.97 Å². The Balaban J connectivity index is 2.03. The summed E-state index contributed by atoms with van der Waals surface area (Å²) in [6.07, 6.45) is 10.4. The Morgan fingerprint density at radius 2 is 1.56 bits per heavy atom. The van der Waals surface area contributed by atoms with Crippen molar-refractivity contribution in [2.45, 2.75) is 25.7 Å². The normalized spacial score (nSPS) is 14.5. The Bertz CT molecular complexity index is 491. The fraction of sp³-hybridized carbons (Fsp3) is 0.286. The second-order valence-electron chi connectivity index (χ2n) is 4.32. The van der Waals surface area contributed by atoms with Crippen LogP contribution in [0, 0.1) is 0 Å². The minimum atomic E-state index is 1.11. The number of fused-ring (bicyclic) bond motifs is 1. The third-order valence-electron chi connectivity index (χ3n) is 3.24. The lowest BCUT2D eigenvalue weighted by atomic mass is 9.89. The van der Waals surface area contributed by atoms with Crippen molar-refractivity contribution in [3.8, 4) is 11.1 Å². The monoisotopic (exact) mass is 210 g/mol. The quantitative estimate of drug-likeness (QED) is 0.723. The van der Waals surface area contributed by atoms with Gasteiger partial charge in [-0.05, 0) is 42.4 Å². The molecule has 2 nitrogen and oxygen atoms in total. The van der Waals surface area contributed by atoms with Crippen LogP contribution in [0.25, 0.3) is 11.1 Å². The molecule has 1 aliphatic carbocycles. The summed E-state index contributed by atoms with van der Waals surface area (Å²) in [5.41, 5.74) is 5.37. The van der Waals surface area contributed by atoms with Crippen molar-refractivity contribution < 1.29 is 0 Å². The summed E-state index contributed by atoms with van der Waals surface area (Å²) < 4.78 is 0. The first kappa shape index (κ1) is 9.52. The minimum Gasteiger partial charge on any atom is -0.244 e. The summed E-state index contributed by atoms with van der Waals surface area (Å²) in [6, 6.07) is 6.74. The molecule has 2 aromatic rings. The first-order valence-corrected chi connectivity index (χ1v) is 5.81. The summed E-state index contributed by atoms with van der Waals surface area (Å²) in [6.45, 7) is 0. The zero-order chi connectivity index (χ0) is 10.8. The van der Waals surface area contributed by atoms with E-state index in [1.165, 1.54) is 42.4 Å². The van der Waals surface area contributed by atoms with Crippen LogP contribution in [0.4, 0.5) is 0 Å². The molecule has 1 aromatic carbocycles. The van der Waals surface area contributed by atoms with E-state index in [1.54, 1.807) is 6.33 Å². The predicted octanol–water partition coefficient (Wildman–Crippen LogP) is 3.02. The van der Waals surface area contributed by atoms with Gasteiger partial charge >= 0.3 is 0 Å². The van der Waals surface area contributed by atoms with Gasteiger partial charge in [-0.3, -0.25) is 0 Å². The van der Waals surface area contributed by atoms with Crippen LogP contribution >= 0.6 is 0 Å². The average molecular weight is 210 g/mol. The van der Waals surface area contributed by atoms with E-state index in [0.717, 1.165) is 5.56 Å². The predicted molar refractivity (Wildman–Crippen MR) is 64.1 cm³/mol. The van der Waals surface area contributed by atoms with Gasteiger partial charge in [-0.15, -0.1) is 0 Å². The van der Waals surface area contributed by atoms with Crippen molar-refractivity contribution in [2.75, 3.05) is 0 Å². The molecule has 0 atom stereocenters. The molecule has 0 radical (unpaired) electrons. The highest BCUT2D eigenvalue weighted by molar-refractivity contribution is 5.63. The summed E-state index contributed by atoms with van der Waals surface area (Å²) in [5.74, 6) is 0. The number of rotatable bonds is 1. The molecule has 0 spiro atoms. The van der Waals surface area contributed by atoms with E-state index < -0.39 is 0 Å². The van der Waals surface area contributed by atoms with Gasteiger partial charge in [-0.2, -0.15) is 0 Å². The van der Waals surface area contributed by atoms with Gasteiger partial charge in [-0.1, -0.05) is 18.2 Å². The molecule has 16 heavy (non-hydrogen) atoms. The molecule has 0 unspecified atom stereocenters. The van der Waals surface area contributed by atoms with Crippen LogP contribution in [0.1, 0.15) is 24.0 Å². The van der Waals surface area contributed by atoms with E-state index in [2.05, 4.69) is 28.2 Å². The van der Waals surface area contributed by atoms with E-state index >= 15 is 0 Å². The molecule has 0 amide bonds. The number of nitrogens with zero attached hydrogens (tertiary/aromatic N) is 2. The topological polar surface area (TPSA) is 25.8 Å². The summed E-state index contributed by atoms with van der Waals surface area (Å²) in [7, 11) is 0. The number of hydrogen-bond acceptors (Lipinski definition) is 2. The fourth-order valence-corrected chi connectivity index (χ4v) is 2.36. The third kappa shape index (κ3) is 1.71. The SMILES string of the molecule is c1ncc(-c2ccc3c(c2)CCCC3)cn1. The zero-order valence-electron chi connectivity index (χ0n) is 9.19. The van der Waals surface area contributed by atoms with Gasteiger partial charge in [0.1, 0.15) is 6.33 Å². The van der Waals surface area contributed by atoms with Crippen molar-refractivity contribution >= 4 is 0 Å². The highest BCUT2D eigenvalue weighted by Gasteiger charge is 2.09. The molecule has 1 aromatic heterocycles. The summed E-state index contributed by atoms with van der Waals surface area (Å²) in [5, 5.41) is 0. The van der Waals surface area contributed by atoms with Crippen molar-refractivity contribution in [1.29, 1.82) is 0 Å². The van der Waals surface area contributed by atoms with Gasteiger partial charge in [0.15, 0.2) is 0 Å². The Kier molecular flexibility index (Phi) is 2.41. The minimum absolute atomic E-state index is 1.11. The lowest BCUT2D eigenvalue weighted by molar-refractivity contribution is 0.686. The van der Waals surface area contributed by atoms with E-state index in [1.807, 2.05) is 12.4 Å². The highest BCUT2D eigenvalue weighted by atomic mass is 14.8. The Hall–Kier alpha value is -1.70. The smallest absolute Gasteiger partial charge is 0.115 e. The van der Waals surface area contributed by atoms with Gasteiger partial charge in [-0.25, -0.2) is 9.97 Å². The van der Waals surface area contributed by atoms with Crippen LogP contribution in [0.2, 0.25) is 0 Å². The van der Waals surface area contributed by atoms with Crippen molar-refractivity contribution in [3.63, 3.8) is 0 Å². The molecule has 3 rings (SSSR count). The second kappa shape index (κ2) is 4.05. The van der Waals surface area contributed by atoms with Gasteiger partial charge in [0.05, 0.1) is 0 Å². The lowest BCUT2D eigenvalue weighted by Gasteiger charge is -2.16. The number of benzene rings is 1. The van der Waals surface area contributed by atoms with E-state index in [0.29, 0.717) is 0 Å². The van der Waals surface area contributed by atoms with Gasteiger partial charge in [0.25, 0.3) is 0 Å². The molecule has 0 aliphatic heterocycles. The van der Waals surface area contributed by atoms with Gasteiger partial charge < -0.3 is 0 Å². The van der Waals surface area contributed by atoms with Crippen molar-refractivity contribution in [2.24, 2.45) is 0 Å². The first-order chi connectivity index (χ1) is 7.93. The number of hydrogen-bond donors (Lipinski definition) is 0. The molecule has 80 valence electrons. The molecule has 0 bridgehead atoms. The van der Waals surface area contributed by atoms with E-state index in [-0.39, 0.29) is 0 Å². The van der Waals surface area contributed by atoms with Crippen molar-refractivity contribution in [1.82, 2.24) is 9.97 Å². The number of aryl methyl sites for hydroxylation is 2. The molecule has 0 fully saturated rings. The maximum atomic E-state index is 4.06. The maximum Gasteiger partial charge on any atom is 0.115 e.